The molecule has 1 atom stereocenters. The van der Waals surface area contributed by atoms with Crippen LogP contribution in [0.4, 0.5) is 5.82 Å². The minimum Gasteiger partial charge on any atom is -0.380 e. The maximum atomic E-state index is 12.2. The lowest BCUT2D eigenvalue weighted by Gasteiger charge is -2.19. The van der Waals surface area contributed by atoms with Crippen LogP contribution in [-0.4, -0.2) is 28.9 Å². The number of amides is 1. The number of aliphatic hydroxyl groups excluding tert-OH is 1. The fourth-order valence-corrected chi connectivity index (χ4v) is 2.14. The van der Waals surface area contributed by atoms with Gasteiger partial charge >= 0.3 is 0 Å². The van der Waals surface area contributed by atoms with E-state index in [1.807, 2.05) is 20.8 Å². The van der Waals surface area contributed by atoms with E-state index in [-0.39, 0.29) is 22.0 Å². The van der Waals surface area contributed by atoms with Crippen LogP contribution in [0, 0.1) is 0 Å². The third kappa shape index (κ3) is 2.82. The van der Waals surface area contributed by atoms with Gasteiger partial charge in [-0.1, -0.05) is 43.6 Å². The van der Waals surface area contributed by atoms with E-state index >= 15 is 0 Å². The molecule has 114 valence electrons. The number of hydrogen-bond acceptors (Lipinski definition) is 5. The van der Waals surface area contributed by atoms with E-state index in [2.05, 4.69) is 17.1 Å². The fraction of sp³-hybridized carbons (Fsp3) is 0.429. The second-order valence-electron chi connectivity index (χ2n) is 5.75. The molecule has 1 amide bonds. The van der Waals surface area contributed by atoms with Crippen LogP contribution in [0.3, 0.4) is 0 Å². The summed E-state index contributed by atoms with van der Waals surface area (Å²) in [4.78, 5) is 13.3. The van der Waals surface area contributed by atoms with Crippen LogP contribution in [0.1, 0.15) is 26.5 Å². The number of aromatic nitrogens is 1. The van der Waals surface area contributed by atoms with E-state index in [1.54, 1.807) is 12.1 Å². The van der Waals surface area contributed by atoms with Gasteiger partial charge in [0.1, 0.15) is 10.8 Å². The molecule has 0 fully saturated rings. The van der Waals surface area contributed by atoms with E-state index in [0.29, 0.717) is 12.3 Å². The molecule has 0 aliphatic carbocycles. The minimum absolute atomic E-state index is 0.0651. The summed E-state index contributed by atoms with van der Waals surface area (Å²) in [7, 11) is 0. The first kappa shape index (κ1) is 15.6. The van der Waals surface area contributed by atoms with Gasteiger partial charge in [0.2, 0.25) is 0 Å². The first-order valence-electron chi connectivity index (χ1n) is 6.50. The maximum absolute atomic E-state index is 12.2. The second-order valence-corrected chi connectivity index (χ2v) is 6.12. The average molecular weight is 312 g/mol. The predicted octanol–water partition coefficient (Wildman–Crippen LogP) is 1.86. The second kappa shape index (κ2) is 5.54. The van der Waals surface area contributed by atoms with Crippen LogP contribution < -0.4 is 10.2 Å². The maximum Gasteiger partial charge on any atom is 0.275 e. The van der Waals surface area contributed by atoms with Gasteiger partial charge in [-0.2, -0.15) is 0 Å². The summed E-state index contributed by atoms with van der Waals surface area (Å²) in [5, 5.41) is 16.9. The van der Waals surface area contributed by atoms with Crippen LogP contribution in [0.5, 0.6) is 0 Å². The Hall–Kier alpha value is -1.79. The molecule has 0 bridgehead atoms. The van der Waals surface area contributed by atoms with Crippen LogP contribution in [0.15, 0.2) is 34.0 Å². The number of halogens is 1. The summed E-state index contributed by atoms with van der Waals surface area (Å²) in [5.41, 5.74) is -0.0120. The molecular formula is C14H18ClN3O3. The first-order valence-corrected chi connectivity index (χ1v) is 6.88. The number of rotatable bonds is 4. The number of carbonyl (C=O) groups is 1. The summed E-state index contributed by atoms with van der Waals surface area (Å²) in [6, 6.07) is 1.63. The monoisotopic (exact) mass is 311 g/mol. The van der Waals surface area contributed by atoms with Crippen molar-refractivity contribution in [1.82, 2.24) is 10.5 Å². The smallest absolute Gasteiger partial charge is 0.275 e. The van der Waals surface area contributed by atoms with Gasteiger partial charge < -0.3 is 14.9 Å². The zero-order chi connectivity index (χ0) is 15.8. The van der Waals surface area contributed by atoms with Crippen molar-refractivity contribution in [2.24, 2.45) is 0 Å². The molecule has 0 spiro atoms. The summed E-state index contributed by atoms with van der Waals surface area (Å²) in [6.07, 6.45) is 0.382. The Morgan fingerprint density at radius 2 is 2.29 bits per heavy atom. The number of carbonyl (C=O) groups excluding carboxylic acids is 1. The third-order valence-corrected chi connectivity index (χ3v) is 3.43. The van der Waals surface area contributed by atoms with E-state index in [1.165, 1.54) is 0 Å². The highest BCUT2D eigenvalue weighted by molar-refractivity contribution is 6.45. The minimum atomic E-state index is -1.22. The third-order valence-electron chi connectivity index (χ3n) is 3.07. The number of hydrogen-bond donors (Lipinski definition) is 2. The molecule has 2 heterocycles. The largest absolute Gasteiger partial charge is 0.380 e. The van der Waals surface area contributed by atoms with Crippen LogP contribution in [0.25, 0.3) is 0 Å². The van der Waals surface area contributed by atoms with Crippen molar-refractivity contribution in [2.75, 3.05) is 11.4 Å². The molecule has 1 aliphatic heterocycles. The zero-order valence-corrected chi connectivity index (χ0v) is 12.9. The number of aliphatic hydroxyl groups is 1. The molecule has 1 aliphatic rings. The molecule has 2 rings (SSSR count). The van der Waals surface area contributed by atoms with Gasteiger partial charge in [0.25, 0.3) is 5.91 Å². The highest BCUT2D eigenvalue weighted by atomic mass is 35.5. The average Bonchev–Trinajstić information content (AvgIpc) is 2.94. The molecule has 1 aromatic heterocycles. The lowest BCUT2D eigenvalue weighted by atomic mass is 9.93. The van der Waals surface area contributed by atoms with Crippen molar-refractivity contribution >= 4 is 23.3 Å². The van der Waals surface area contributed by atoms with Gasteiger partial charge in [0.05, 0.1) is 5.70 Å². The number of nitrogens with one attached hydrogen (secondary N) is 1. The van der Waals surface area contributed by atoms with Crippen LogP contribution >= 0.6 is 11.6 Å². The molecular weight excluding hydrogens is 294 g/mol. The first-order chi connectivity index (χ1) is 9.77. The fourth-order valence-electron chi connectivity index (χ4n) is 1.89. The Balaban J connectivity index is 2.28. The summed E-state index contributed by atoms with van der Waals surface area (Å²) in [6.45, 7) is 9.83. The Bertz CT molecular complexity index is 601. The topological polar surface area (TPSA) is 78.6 Å². The molecule has 6 nitrogen and oxygen atoms in total. The Morgan fingerprint density at radius 3 is 2.81 bits per heavy atom. The predicted molar refractivity (Wildman–Crippen MR) is 79.8 cm³/mol. The van der Waals surface area contributed by atoms with Crippen LogP contribution in [0.2, 0.25) is 0 Å². The molecule has 21 heavy (non-hydrogen) atoms. The highest BCUT2D eigenvalue weighted by Gasteiger charge is 2.40. The van der Waals surface area contributed by atoms with Crippen molar-refractivity contribution in [1.29, 1.82) is 0 Å². The SMILES string of the molecule is C=CCNC1=C(Cl)C(=O)N(c2cc(C(C)(C)C)on2)C1O. The summed E-state index contributed by atoms with van der Waals surface area (Å²) < 4.78 is 5.24. The summed E-state index contributed by atoms with van der Waals surface area (Å²) in [5.74, 6) is 0.316. The van der Waals surface area contributed by atoms with E-state index < -0.39 is 12.1 Å². The zero-order valence-electron chi connectivity index (χ0n) is 12.2. The molecule has 0 saturated heterocycles. The van der Waals surface area contributed by atoms with E-state index in [4.69, 9.17) is 16.1 Å². The Kier molecular flexibility index (Phi) is 4.11. The molecule has 2 N–H and O–H groups in total. The molecule has 1 unspecified atom stereocenters. The number of anilines is 1. The van der Waals surface area contributed by atoms with Crippen LogP contribution in [-0.2, 0) is 10.2 Å². The van der Waals surface area contributed by atoms with Gasteiger partial charge in [0.15, 0.2) is 12.0 Å². The Morgan fingerprint density at radius 1 is 1.62 bits per heavy atom. The van der Waals surface area contributed by atoms with Gasteiger partial charge in [0, 0.05) is 18.0 Å². The van der Waals surface area contributed by atoms with E-state index in [9.17, 15) is 9.90 Å². The molecule has 0 radical (unpaired) electrons. The van der Waals surface area contributed by atoms with Crippen molar-refractivity contribution in [3.8, 4) is 0 Å². The van der Waals surface area contributed by atoms with Gasteiger partial charge in [-0.25, -0.2) is 0 Å². The standard InChI is InChI=1S/C14H18ClN3O3/c1-5-6-16-11-10(15)12(19)18(13(11)20)9-7-8(21-17-9)14(2,3)4/h5,7,13,16,20H,1,6H2,2-4H3. The molecule has 1 aromatic rings. The van der Waals surface area contributed by atoms with Gasteiger partial charge in [-0.15, -0.1) is 6.58 Å². The van der Waals surface area contributed by atoms with Crippen molar-refractivity contribution < 1.29 is 14.4 Å². The molecule has 0 aromatic carbocycles. The lowest BCUT2D eigenvalue weighted by molar-refractivity contribution is -0.115. The Labute approximate surface area is 128 Å². The van der Waals surface area contributed by atoms with E-state index in [0.717, 1.165) is 4.90 Å². The molecule has 7 heteroatoms. The quantitative estimate of drug-likeness (QED) is 0.830. The number of nitrogens with zero attached hydrogens (tertiary/aromatic N) is 2. The summed E-state index contributed by atoms with van der Waals surface area (Å²) >= 11 is 5.97. The van der Waals surface area contributed by atoms with Gasteiger partial charge in [-0.3, -0.25) is 9.69 Å². The van der Waals surface area contributed by atoms with Gasteiger partial charge in [-0.05, 0) is 0 Å². The molecule has 0 saturated carbocycles. The van der Waals surface area contributed by atoms with Crippen molar-refractivity contribution in [2.45, 2.75) is 32.4 Å². The highest BCUT2D eigenvalue weighted by Crippen LogP contribution is 2.32. The lowest BCUT2D eigenvalue weighted by Crippen LogP contribution is -2.38. The van der Waals surface area contributed by atoms with Crippen molar-refractivity contribution in [3.63, 3.8) is 0 Å². The van der Waals surface area contributed by atoms with Crippen molar-refractivity contribution in [3.05, 3.63) is 35.2 Å². The normalized spacial score (nSPS) is 19.4.